The zero-order valence-corrected chi connectivity index (χ0v) is 13.6. The lowest BCUT2D eigenvalue weighted by molar-refractivity contribution is 0.144. The molecule has 1 aromatic rings. The van der Waals surface area contributed by atoms with Crippen molar-refractivity contribution in [3.05, 3.63) is 16.1 Å². The molecule has 0 amide bonds. The van der Waals surface area contributed by atoms with Crippen molar-refractivity contribution in [3.8, 4) is 6.07 Å². The maximum absolute atomic E-state index is 9.67. The zero-order valence-electron chi connectivity index (χ0n) is 12.0. The van der Waals surface area contributed by atoms with Crippen LogP contribution in [0.25, 0.3) is 0 Å². The number of nitriles is 1. The monoisotopic (exact) mass is 318 g/mol. The van der Waals surface area contributed by atoms with Gasteiger partial charge in [0.05, 0.1) is 12.0 Å². The molecule has 2 unspecified atom stereocenters. The van der Waals surface area contributed by atoms with Crippen molar-refractivity contribution < 1.29 is 0 Å². The molecule has 0 aromatic carbocycles. The standard InChI is InChI=1S/C15H18N4S2/c1-9-8-21-14(18-9)11-12(17)19-13(20)10(7-16)15(11)5-3-2-4-6-15/h8,10-11H,2-6H2,1H3,(H2,17,19,20). The quantitative estimate of drug-likeness (QED) is 0.806. The number of nitrogens with zero attached hydrogens (tertiary/aromatic N) is 3. The summed E-state index contributed by atoms with van der Waals surface area (Å²) in [6.45, 7) is 1.98. The molecule has 1 fully saturated rings. The summed E-state index contributed by atoms with van der Waals surface area (Å²) in [6, 6.07) is 2.41. The van der Waals surface area contributed by atoms with Crippen LogP contribution >= 0.6 is 23.6 Å². The van der Waals surface area contributed by atoms with E-state index in [-0.39, 0.29) is 17.3 Å². The van der Waals surface area contributed by atoms with Crippen molar-refractivity contribution in [2.24, 2.45) is 22.1 Å². The van der Waals surface area contributed by atoms with E-state index in [1.54, 1.807) is 11.3 Å². The molecule has 1 aliphatic heterocycles. The molecule has 0 radical (unpaired) electrons. The Balaban J connectivity index is 2.15. The molecule has 0 bridgehead atoms. The van der Waals surface area contributed by atoms with Gasteiger partial charge in [0.25, 0.3) is 0 Å². The van der Waals surface area contributed by atoms with E-state index in [9.17, 15) is 5.26 Å². The predicted octanol–water partition coefficient (Wildman–Crippen LogP) is 3.32. The number of hydrogen-bond acceptors (Lipinski definition) is 5. The second-order valence-corrected chi connectivity index (χ2v) is 7.30. The molecule has 2 atom stereocenters. The van der Waals surface area contributed by atoms with E-state index in [2.05, 4.69) is 16.0 Å². The lowest BCUT2D eigenvalue weighted by Gasteiger charge is -2.47. The maximum Gasteiger partial charge on any atom is 0.123 e. The number of thiocarbonyl (C=S) groups is 1. The van der Waals surface area contributed by atoms with E-state index in [1.165, 1.54) is 6.42 Å². The molecular weight excluding hydrogens is 300 g/mol. The van der Waals surface area contributed by atoms with E-state index in [0.29, 0.717) is 10.8 Å². The van der Waals surface area contributed by atoms with Crippen molar-refractivity contribution in [2.45, 2.75) is 44.9 Å². The van der Waals surface area contributed by atoms with Gasteiger partial charge in [0.1, 0.15) is 21.7 Å². The molecular formula is C15H18N4S2. The third-order valence-electron chi connectivity index (χ3n) is 4.73. The van der Waals surface area contributed by atoms with Crippen LogP contribution in [0.4, 0.5) is 0 Å². The van der Waals surface area contributed by atoms with Gasteiger partial charge in [-0.1, -0.05) is 31.5 Å². The second-order valence-electron chi connectivity index (χ2n) is 5.99. The first-order valence-corrected chi connectivity index (χ1v) is 8.57. The predicted molar refractivity (Wildman–Crippen MR) is 88.4 cm³/mol. The maximum atomic E-state index is 9.67. The molecule has 4 nitrogen and oxygen atoms in total. The van der Waals surface area contributed by atoms with Crippen molar-refractivity contribution in [1.82, 2.24) is 4.98 Å². The van der Waals surface area contributed by atoms with E-state index in [1.807, 2.05) is 12.3 Å². The highest BCUT2D eigenvalue weighted by Gasteiger charge is 2.53. The average Bonchev–Trinajstić information content (AvgIpc) is 2.86. The molecule has 1 spiro atoms. The van der Waals surface area contributed by atoms with Gasteiger partial charge in [0.15, 0.2) is 0 Å². The summed E-state index contributed by atoms with van der Waals surface area (Å²) in [6.07, 6.45) is 5.41. The number of amidine groups is 1. The lowest BCUT2D eigenvalue weighted by atomic mass is 9.58. The van der Waals surface area contributed by atoms with Crippen LogP contribution in [0.3, 0.4) is 0 Å². The van der Waals surface area contributed by atoms with Crippen molar-refractivity contribution in [1.29, 1.82) is 5.26 Å². The molecule has 2 heterocycles. The number of rotatable bonds is 1. The summed E-state index contributed by atoms with van der Waals surface area (Å²) < 4.78 is 0. The van der Waals surface area contributed by atoms with E-state index in [4.69, 9.17) is 18.0 Å². The SMILES string of the molecule is Cc1csc(C2C(N)=NC(=S)C(C#N)C23CCCCC3)n1. The van der Waals surface area contributed by atoms with Gasteiger partial charge in [-0.05, 0) is 19.8 Å². The Bertz CT molecular complexity index is 634. The fourth-order valence-corrected chi connectivity index (χ4v) is 5.24. The molecule has 1 aromatic heterocycles. The van der Waals surface area contributed by atoms with Crippen molar-refractivity contribution in [3.63, 3.8) is 0 Å². The van der Waals surface area contributed by atoms with Crippen LogP contribution in [0.5, 0.6) is 0 Å². The average molecular weight is 318 g/mol. The van der Waals surface area contributed by atoms with E-state index >= 15 is 0 Å². The van der Waals surface area contributed by atoms with E-state index in [0.717, 1.165) is 36.4 Å². The molecule has 21 heavy (non-hydrogen) atoms. The first kappa shape index (κ1) is 14.6. The van der Waals surface area contributed by atoms with Gasteiger partial charge < -0.3 is 5.73 Å². The molecule has 110 valence electrons. The minimum Gasteiger partial charge on any atom is -0.387 e. The minimum atomic E-state index is -0.325. The highest BCUT2D eigenvalue weighted by molar-refractivity contribution is 7.80. The van der Waals surface area contributed by atoms with Crippen LogP contribution in [0.1, 0.15) is 48.7 Å². The van der Waals surface area contributed by atoms with Gasteiger partial charge in [0, 0.05) is 16.5 Å². The number of nitrogens with two attached hydrogens (primary N) is 1. The third-order valence-corrected chi connectivity index (χ3v) is 6.08. The smallest absolute Gasteiger partial charge is 0.123 e. The summed E-state index contributed by atoms with van der Waals surface area (Å²) in [5.74, 6) is 0.157. The second kappa shape index (κ2) is 5.47. The Morgan fingerprint density at radius 2 is 2.14 bits per heavy atom. The summed E-state index contributed by atoms with van der Waals surface area (Å²) >= 11 is 6.97. The van der Waals surface area contributed by atoms with Crippen molar-refractivity contribution >= 4 is 34.4 Å². The Kier molecular flexibility index (Phi) is 3.80. The summed E-state index contributed by atoms with van der Waals surface area (Å²) in [5, 5.41) is 12.7. The molecule has 6 heteroatoms. The van der Waals surface area contributed by atoms with Gasteiger partial charge in [-0.15, -0.1) is 11.3 Å². The van der Waals surface area contributed by atoms with Crippen molar-refractivity contribution in [2.75, 3.05) is 0 Å². The molecule has 1 aliphatic carbocycles. The number of thiazole rings is 1. The van der Waals surface area contributed by atoms with Gasteiger partial charge >= 0.3 is 0 Å². The Morgan fingerprint density at radius 3 is 2.71 bits per heavy atom. The van der Waals surface area contributed by atoms with Gasteiger partial charge in [0.2, 0.25) is 0 Å². The minimum absolute atomic E-state index is 0.0622. The zero-order chi connectivity index (χ0) is 15.0. The Morgan fingerprint density at radius 1 is 1.43 bits per heavy atom. The highest BCUT2D eigenvalue weighted by atomic mass is 32.1. The fourth-order valence-electron chi connectivity index (χ4n) is 3.81. The summed E-state index contributed by atoms with van der Waals surface area (Å²) in [5.41, 5.74) is 7.04. The first-order valence-electron chi connectivity index (χ1n) is 7.28. The Labute approximate surface area is 134 Å². The molecule has 3 rings (SSSR count). The van der Waals surface area contributed by atoms with Gasteiger partial charge in [-0.25, -0.2) is 9.98 Å². The first-order chi connectivity index (χ1) is 10.1. The van der Waals surface area contributed by atoms with Gasteiger partial charge in [-0.2, -0.15) is 5.26 Å². The largest absolute Gasteiger partial charge is 0.387 e. The summed E-state index contributed by atoms with van der Waals surface area (Å²) in [7, 11) is 0. The van der Waals surface area contributed by atoms with Crippen LogP contribution in [-0.4, -0.2) is 15.8 Å². The van der Waals surface area contributed by atoms with Crippen LogP contribution in [0, 0.1) is 29.6 Å². The van der Waals surface area contributed by atoms with E-state index < -0.39 is 0 Å². The van der Waals surface area contributed by atoms with Crippen LogP contribution in [0.2, 0.25) is 0 Å². The van der Waals surface area contributed by atoms with Crippen LogP contribution < -0.4 is 5.73 Å². The molecule has 1 saturated carbocycles. The Hall–Kier alpha value is -1.32. The lowest BCUT2D eigenvalue weighted by Crippen LogP contribution is -2.49. The number of aromatic nitrogens is 1. The number of aliphatic imine (C=N–C) groups is 1. The highest BCUT2D eigenvalue weighted by Crippen LogP contribution is 2.55. The molecule has 0 saturated heterocycles. The summed E-state index contributed by atoms with van der Waals surface area (Å²) in [4.78, 5) is 9.41. The number of hydrogen-bond donors (Lipinski definition) is 1. The molecule has 2 N–H and O–H groups in total. The van der Waals surface area contributed by atoms with Gasteiger partial charge in [-0.3, -0.25) is 0 Å². The van der Waals surface area contributed by atoms with Crippen LogP contribution in [0.15, 0.2) is 10.4 Å². The normalized spacial score (nSPS) is 28.2. The third kappa shape index (κ3) is 2.29. The van der Waals surface area contributed by atoms with Crippen LogP contribution in [-0.2, 0) is 0 Å². The number of aryl methyl sites for hydroxylation is 1. The molecule has 2 aliphatic rings. The topological polar surface area (TPSA) is 75.1 Å². The fraction of sp³-hybridized carbons (Fsp3) is 0.600.